The first-order valence-electron chi connectivity index (χ1n) is 4.53. The molecule has 0 saturated carbocycles. The van der Waals surface area contributed by atoms with Gasteiger partial charge in [-0.1, -0.05) is 0 Å². The standard InChI is InChI=1S/C7H16N5O4/c1-16-6(13)5(8)3-2-4-10-7(9)11-12(14)15/h5H,2-4,8H2,1H3,(H,14,15)(H3,9,10,11)/q+1. The summed E-state index contributed by atoms with van der Waals surface area (Å²) in [5, 5.41) is 7.64. The molecule has 0 aliphatic carbocycles. The molecule has 9 nitrogen and oxygen atoms in total. The van der Waals surface area contributed by atoms with Crippen molar-refractivity contribution in [3.8, 4) is 0 Å². The Morgan fingerprint density at radius 3 is 2.81 bits per heavy atom. The number of nitrogens with one attached hydrogen (secondary N) is 1. The van der Waals surface area contributed by atoms with Gasteiger partial charge in [0.25, 0.3) is 5.96 Å². The van der Waals surface area contributed by atoms with Crippen LogP contribution in [-0.4, -0.2) is 41.9 Å². The number of nitrogens with zero attached hydrogens (tertiary/aromatic N) is 2. The summed E-state index contributed by atoms with van der Waals surface area (Å²) in [4.78, 5) is 24.6. The molecule has 0 bridgehead atoms. The fourth-order valence-electron chi connectivity index (χ4n) is 0.913. The molecule has 0 aromatic carbocycles. The van der Waals surface area contributed by atoms with Crippen LogP contribution in [0.1, 0.15) is 12.8 Å². The number of hydrogen-bond donors (Lipinski definition) is 4. The first-order chi connectivity index (χ1) is 7.47. The SMILES string of the molecule is COC(=O)C(N)CCCN=C(N)N[N+](=O)O. The van der Waals surface area contributed by atoms with Gasteiger partial charge in [0.05, 0.1) is 7.11 Å². The number of rotatable bonds is 6. The molecule has 6 N–H and O–H groups in total. The number of nitrogens with two attached hydrogens (primary N) is 2. The van der Waals surface area contributed by atoms with Crippen molar-refractivity contribution in [3.05, 3.63) is 4.91 Å². The highest BCUT2D eigenvalue weighted by Crippen LogP contribution is 1.96. The number of methoxy groups -OCH3 is 1. The maximum atomic E-state index is 10.9. The molecule has 0 aliphatic heterocycles. The fourth-order valence-corrected chi connectivity index (χ4v) is 0.913. The Bertz CT molecular complexity index is 280. The molecule has 0 amide bonds. The topological polar surface area (TPSA) is 143 Å². The summed E-state index contributed by atoms with van der Waals surface area (Å²) in [5.41, 5.74) is 12.5. The first-order valence-corrected chi connectivity index (χ1v) is 4.53. The number of guanidine groups is 1. The Hall–Kier alpha value is -1.90. The summed E-state index contributed by atoms with van der Waals surface area (Å²) >= 11 is 0. The van der Waals surface area contributed by atoms with Gasteiger partial charge < -0.3 is 16.2 Å². The largest absolute Gasteiger partial charge is 0.468 e. The summed E-state index contributed by atoms with van der Waals surface area (Å²) < 4.78 is 4.42. The second-order valence-electron chi connectivity index (χ2n) is 2.92. The van der Waals surface area contributed by atoms with Gasteiger partial charge in [-0.2, -0.15) is 0 Å². The molecule has 0 aliphatic rings. The zero-order valence-corrected chi connectivity index (χ0v) is 8.92. The number of aliphatic imine (C=N–C) groups is 1. The van der Waals surface area contributed by atoms with Crippen LogP contribution in [0.5, 0.6) is 0 Å². The van der Waals surface area contributed by atoms with Crippen molar-refractivity contribution in [2.24, 2.45) is 16.5 Å². The summed E-state index contributed by atoms with van der Waals surface area (Å²) in [6.45, 7) is 0.275. The Kier molecular flexibility index (Phi) is 6.52. The minimum absolute atomic E-state index is 0.218. The maximum absolute atomic E-state index is 10.9. The van der Waals surface area contributed by atoms with Crippen LogP contribution >= 0.6 is 0 Å². The molecule has 0 saturated heterocycles. The van der Waals surface area contributed by atoms with Gasteiger partial charge in [-0.15, -0.1) is 0 Å². The quantitative estimate of drug-likeness (QED) is 0.140. The molecule has 1 atom stereocenters. The zero-order chi connectivity index (χ0) is 12.6. The van der Waals surface area contributed by atoms with E-state index in [1.807, 2.05) is 0 Å². The van der Waals surface area contributed by atoms with Crippen molar-refractivity contribution >= 4 is 11.9 Å². The molecule has 0 aromatic rings. The fraction of sp³-hybridized carbons (Fsp3) is 0.714. The van der Waals surface area contributed by atoms with E-state index in [-0.39, 0.29) is 12.5 Å². The number of hydrazine groups is 1. The smallest absolute Gasteiger partial charge is 0.362 e. The highest BCUT2D eigenvalue weighted by molar-refractivity contribution is 5.76. The van der Waals surface area contributed by atoms with Crippen molar-refractivity contribution in [1.82, 2.24) is 5.43 Å². The van der Waals surface area contributed by atoms with E-state index in [4.69, 9.17) is 16.7 Å². The molecule has 0 radical (unpaired) electrons. The average Bonchev–Trinajstić information content (AvgIpc) is 2.21. The molecule has 0 heterocycles. The number of hydrogen-bond acceptors (Lipinski definition) is 5. The van der Waals surface area contributed by atoms with Crippen LogP contribution in [0.25, 0.3) is 0 Å². The number of carbonyl (C=O) groups excluding carboxylic acids is 1. The lowest BCUT2D eigenvalue weighted by molar-refractivity contribution is -0.822. The summed E-state index contributed by atoms with van der Waals surface area (Å²) in [7, 11) is 1.26. The summed E-state index contributed by atoms with van der Waals surface area (Å²) in [6, 6.07) is -0.691. The molecule has 9 heteroatoms. The molecule has 0 rings (SSSR count). The van der Waals surface area contributed by atoms with E-state index in [0.717, 1.165) is 0 Å². The van der Waals surface area contributed by atoms with Crippen LogP contribution in [0.3, 0.4) is 0 Å². The Balaban J connectivity index is 3.74. The highest BCUT2D eigenvalue weighted by Gasteiger charge is 2.12. The molecule has 1 unspecified atom stereocenters. The van der Waals surface area contributed by atoms with Crippen LogP contribution in [-0.2, 0) is 9.53 Å². The highest BCUT2D eigenvalue weighted by atomic mass is 16.7. The van der Waals surface area contributed by atoms with E-state index in [2.05, 4.69) is 9.73 Å². The van der Waals surface area contributed by atoms with Gasteiger partial charge in [0.1, 0.15) is 10.9 Å². The lowest BCUT2D eigenvalue weighted by Crippen LogP contribution is -2.37. The zero-order valence-electron chi connectivity index (χ0n) is 8.92. The van der Waals surface area contributed by atoms with Crippen molar-refractivity contribution in [2.45, 2.75) is 18.9 Å². The van der Waals surface area contributed by atoms with Crippen LogP contribution in [0.15, 0.2) is 4.99 Å². The summed E-state index contributed by atoms with van der Waals surface area (Å²) in [5.74, 6) is -0.708. The molecule has 92 valence electrons. The normalized spacial score (nSPS) is 13.0. The molecule has 0 fully saturated rings. The first kappa shape index (κ1) is 14.1. The van der Waals surface area contributed by atoms with Crippen molar-refractivity contribution < 1.29 is 19.8 Å². The van der Waals surface area contributed by atoms with E-state index in [1.54, 1.807) is 5.43 Å². The Labute approximate surface area is 92.0 Å². The van der Waals surface area contributed by atoms with E-state index in [1.165, 1.54) is 7.11 Å². The summed E-state index contributed by atoms with van der Waals surface area (Å²) in [6.07, 6.45) is 0.895. The van der Waals surface area contributed by atoms with Gasteiger partial charge in [0.2, 0.25) is 0 Å². The monoisotopic (exact) mass is 234 g/mol. The number of ether oxygens (including phenoxy) is 1. The Morgan fingerprint density at radius 1 is 1.69 bits per heavy atom. The minimum atomic E-state index is -0.691. The molecular formula is C7H16N5O4+. The maximum Gasteiger partial charge on any atom is 0.362 e. The molecular weight excluding hydrogens is 218 g/mol. The number of carbonyl (C=O) groups is 1. The van der Waals surface area contributed by atoms with Crippen molar-refractivity contribution in [2.75, 3.05) is 13.7 Å². The van der Waals surface area contributed by atoms with Crippen molar-refractivity contribution in [3.63, 3.8) is 0 Å². The third-order valence-corrected chi connectivity index (χ3v) is 1.67. The van der Waals surface area contributed by atoms with Gasteiger partial charge in [-0.3, -0.25) is 4.79 Å². The van der Waals surface area contributed by atoms with E-state index < -0.39 is 17.0 Å². The van der Waals surface area contributed by atoms with Crippen LogP contribution < -0.4 is 16.9 Å². The molecule has 0 aromatic heterocycles. The molecule has 0 spiro atoms. The Morgan fingerprint density at radius 2 is 2.31 bits per heavy atom. The van der Waals surface area contributed by atoms with Gasteiger partial charge in [0.15, 0.2) is 0 Å². The predicted octanol–water partition coefficient (Wildman–Crippen LogP) is -1.75. The number of esters is 1. The van der Waals surface area contributed by atoms with E-state index in [0.29, 0.717) is 12.8 Å². The van der Waals surface area contributed by atoms with Crippen LogP contribution in [0, 0.1) is 4.91 Å². The third-order valence-electron chi connectivity index (χ3n) is 1.67. The van der Waals surface area contributed by atoms with Gasteiger partial charge >= 0.3 is 11.0 Å². The second kappa shape index (κ2) is 7.40. The van der Waals surface area contributed by atoms with E-state index in [9.17, 15) is 9.70 Å². The van der Waals surface area contributed by atoms with Crippen LogP contribution in [0.4, 0.5) is 0 Å². The average molecular weight is 234 g/mol. The third kappa shape index (κ3) is 6.54. The van der Waals surface area contributed by atoms with Gasteiger partial charge in [-0.25, -0.2) is 10.2 Å². The second-order valence-corrected chi connectivity index (χ2v) is 2.92. The van der Waals surface area contributed by atoms with Crippen LogP contribution in [0.2, 0.25) is 0 Å². The van der Waals surface area contributed by atoms with Gasteiger partial charge in [0, 0.05) is 6.54 Å². The van der Waals surface area contributed by atoms with E-state index >= 15 is 0 Å². The predicted molar refractivity (Wildman–Crippen MR) is 54.3 cm³/mol. The lowest BCUT2D eigenvalue weighted by Gasteiger charge is -2.07. The van der Waals surface area contributed by atoms with Crippen molar-refractivity contribution in [1.29, 1.82) is 0 Å². The lowest BCUT2D eigenvalue weighted by atomic mass is 10.2. The van der Waals surface area contributed by atoms with Gasteiger partial charge in [-0.05, 0) is 18.3 Å². The molecule has 16 heavy (non-hydrogen) atoms. The minimum Gasteiger partial charge on any atom is -0.468 e.